The highest BCUT2D eigenvalue weighted by Crippen LogP contribution is 2.18. The van der Waals surface area contributed by atoms with Crippen LogP contribution in [0.1, 0.15) is 28.7 Å². The third kappa shape index (κ3) is 7.13. The highest BCUT2D eigenvalue weighted by Gasteiger charge is 2.15. The summed E-state index contributed by atoms with van der Waals surface area (Å²) < 4.78 is 5.47. The number of hydrogen-bond acceptors (Lipinski definition) is 4. The average Bonchev–Trinajstić information content (AvgIpc) is 2.86. The number of H-pyrrole nitrogens is 1. The minimum Gasteiger partial charge on any atom is -0.379 e. The van der Waals surface area contributed by atoms with Crippen LogP contribution in [0.2, 0.25) is 0 Å². The zero-order chi connectivity index (χ0) is 24.6. The van der Waals surface area contributed by atoms with E-state index in [0.717, 1.165) is 75.2 Å². The quantitative estimate of drug-likeness (QED) is 0.444. The smallest absolute Gasteiger partial charge is 0.253 e. The van der Waals surface area contributed by atoms with E-state index >= 15 is 0 Å². The molecule has 2 aromatic carbocycles. The van der Waals surface area contributed by atoms with Crippen LogP contribution >= 0.6 is 12.2 Å². The summed E-state index contributed by atoms with van der Waals surface area (Å²) in [7, 11) is 0. The number of rotatable bonds is 9. The molecule has 6 nitrogen and oxygen atoms in total. The van der Waals surface area contributed by atoms with E-state index in [-0.39, 0.29) is 5.56 Å². The summed E-state index contributed by atoms with van der Waals surface area (Å²) in [6.45, 7) is 10.8. The topological polar surface area (TPSA) is 60.6 Å². The van der Waals surface area contributed by atoms with Gasteiger partial charge in [-0.2, -0.15) is 0 Å². The van der Waals surface area contributed by atoms with Crippen LogP contribution in [0.4, 0.5) is 0 Å². The normalized spacial score (nSPS) is 14.2. The van der Waals surface area contributed by atoms with Crippen molar-refractivity contribution in [2.75, 3.05) is 45.9 Å². The van der Waals surface area contributed by atoms with Gasteiger partial charge in [-0.1, -0.05) is 30.3 Å². The first-order valence-electron chi connectivity index (χ1n) is 12.5. The lowest BCUT2D eigenvalue weighted by Gasteiger charge is -2.29. The summed E-state index contributed by atoms with van der Waals surface area (Å²) in [5.41, 5.74) is 5.23. The Bertz CT molecular complexity index is 1190. The molecule has 1 saturated heterocycles. The second kappa shape index (κ2) is 12.3. The zero-order valence-electron chi connectivity index (χ0n) is 20.8. The van der Waals surface area contributed by atoms with E-state index in [4.69, 9.17) is 17.0 Å². The van der Waals surface area contributed by atoms with Crippen molar-refractivity contribution in [1.29, 1.82) is 0 Å². The molecule has 7 heteroatoms. The Morgan fingerprint density at radius 2 is 1.86 bits per heavy atom. The predicted octanol–water partition coefficient (Wildman–Crippen LogP) is 3.79. The molecule has 4 rings (SSSR count). The van der Waals surface area contributed by atoms with Crippen LogP contribution < -0.4 is 10.9 Å². The average molecular weight is 493 g/mol. The summed E-state index contributed by atoms with van der Waals surface area (Å²) in [6, 6.07) is 16.6. The Labute approximate surface area is 213 Å². The highest BCUT2D eigenvalue weighted by molar-refractivity contribution is 7.80. The number of hydrogen-bond donors (Lipinski definition) is 2. The van der Waals surface area contributed by atoms with Crippen molar-refractivity contribution >= 4 is 28.2 Å². The molecule has 2 N–H and O–H groups in total. The molecule has 35 heavy (non-hydrogen) atoms. The molecule has 0 amide bonds. The molecule has 0 saturated carbocycles. The lowest BCUT2D eigenvalue weighted by atomic mass is 10.0. The molecule has 1 aliphatic heterocycles. The molecule has 2 heterocycles. The van der Waals surface area contributed by atoms with E-state index in [1.807, 2.05) is 18.2 Å². The maximum Gasteiger partial charge on any atom is 0.253 e. The van der Waals surface area contributed by atoms with Crippen LogP contribution in [-0.4, -0.2) is 65.8 Å². The minimum atomic E-state index is -0.0500. The fraction of sp³-hybridized carbons (Fsp3) is 0.429. The van der Waals surface area contributed by atoms with Gasteiger partial charge in [0, 0.05) is 43.8 Å². The second-order valence-corrected chi connectivity index (χ2v) is 9.73. The Hall–Kier alpha value is -2.74. The van der Waals surface area contributed by atoms with Crippen molar-refractivity contribution in [3.63, 3.8) is 0 Å². The molecular weight excluding hydrogens is 456 g/mol. The summed E-state index contributed by atoms with van der Waals surface area (Å²) in [5.74, 6) is 0. The molecule has 1 aromatic heterocycles. The predicted molar refractivity (Wildman–Crippen MR) is 147 cm³/mol. The SMILES string of the molecule is Cc1cc2cc(CN(CCCN3CCOCC3)C(=S)NCCc3ccccc3)c(=O)[nH]c2cc1C. The molecule has 0 unspecified atom stereocenters. The number of thiocarbonyl (C=S) groups is 1. The zero-order valence-corrected chi connectivity index (χ0v) is 21.6. The van der Waals surface area contributed by atoms with E-state index in [2.05, 4.69) is 64.3 Å². The van der Waals surface area contributed by atoms with Crippen LogP contribution in [0.15, 0.2) is 53.3 Å². The standard InChI is InChI=1S/C28H36N4O2S/c1-21-17-24-19-25(27(33)30-26(24)18-22(21)2)20-32(12-6-11-31-13-15-34-16-14-31)28(35)29-10-9-23-7-4-3-5-8-23/h3-5,7-8,17-19H,6,9-16,20H2,1-2H3,(H,29,35)(H,30,33). The fourth-order valence-corrected chi connectivity index (χ4v) is 4.74. The number of nitrogens with zero attached hydrogens (tertiary/aromatic N) is 2. The lowest BCUT2D eigenvalue weighted by Crippen LogP contribution is -2.43. The number of aryl methyl sites for hydroxylation is 2. The van der Waals surface area contributed by atoms with Gasteiger partial charge in [0.15, 0.2) is 5.11 Å². The summed E-state index contributed by atoms with van der Waals surface area (Å²) >= 11 is 5.81. The largest absolute Gasteiger partial charge is 0.379 e. The first-order chi connectivity index (χ1) is 17.0. The molecule has 3 aromatic rings. The third-order valence-corrected chi connectivity index (χ3v) is 7.13. The van der Waals surface area contributed by atoms with Gasteiger partial charge >= 0.3 is 0 Å². The van der Waals surface area contributed by atoms with Crippen molar-refractivity contribution in [3.05, 3.63) is 81.1 Å². The molecule has 1 fully saturated rings. The van der Waals surface area contributed by atoms with E-state index in [0.29, 0.717) is 11.7 Å². The molecule has 0 aliphatic carbocycles. The van der Waals surface area contributed by atoms with Gasteiger partial charge in [0.1, 0.15) is 0 Å². The van der Waals surface area contributed by atoms with E-state index in [9.17, 15) is 4.79 Å². The monoisotopic (exact) mass is 492 g/mol. The number of aromatic nitrogens is 1. The number of nitrogens with one attached hydrogen (secondary N) is 2. The van der Waals surface area contributed by atoms with Crippen LogP contribution in [0.25, 0.3) is 10.9 Å². The fourth-order valence-electron chi connectivity index (χ4n) is 4.48. The molecule has 0 atom stereocenters. The Morgan fingerprint density at radius 3 is 2.63 bits per heavy atom. The van der Waals surface area contributed by atoms with Crippen molar-refractivity contribution in [3.8, 4) is 0 Å². The van der Waals surface area contributed by atoms with Gasteiger partial charge in [0.2, 0.25) is 0 Å². The van der Waals surface area contributed by atoms with Gasteiger partial charge in [-0.3, -0.25) is 9.69 Å². The van der Waals surface area contributed by atoms with Crippen LogP contribution in [0, 0.1) is 13.8 Å². The Kier molecular flexibility index (Phi) is 8.90. The van der Waals surface area contributed by atoms with Crippen LogP contribution in [0.3, 0.4) is 0 Å². The molecule has 0 spiro atoms. The van der Waals surface area contributed by atoms with Crippen LogP contribution in [-0.2, 0) is 17.7 Å². The van der Waals surface area contributed by atoms with Gasteiger partial charge in [-0.05, 0) is 79.2 Å². The molecule has 1 aliphatic rings. The number of ether oxygens (including phenoxy) is 1. The molecular formula is C28H36N4O2S. The van der Waals surface area contributed by atoms with E-state index in [1.165, 1.54) is 16.7 Å². The van der Waals surface area contributed by atoms with Crippen molar-refractivity contribution in [2.24, 2.45) is 0 Å². The maximum absolute atomic E-state index is 12.9. The van der Waals surface area contributed by atoms with Crippen LogP contribution in [0.5, 0.6) is 0 Å². The first-order valence-corrected chi connectivity index (χ1v) is 12.9. The van der Waals surface area contributed by atoms with Gasteiger partial charge in [-0.25, -0.2) is 0 Å². The Morgan fingerprint density at radius 1 is 1.11 bits per heavy atom. The van der Waals surface area contributed by atoms with E-state index < -0.39 is 0 Å². The molecule has 0 bridgehead atoms. The summed E-state index contributed by atoms with van der Waals surface area (Å²) in [5, 5.41) is 5.18. The summed E-state index contributed by atoms with van der Waals surface area (Å²) in [4.78, 5) is 20.6. The number of pyridine rings is 1. The lowest BCUT2D eigenvalue weighted by molar-refractivity contribution is 0.0367. The van der Waals surface area contributed by atoms with E-state index in [1.54, 1.807) is 0 Å². The summed E-state index contributed by atoms with van der Waals surface area (Å²) in [6.07, 6.45) is 1.88. The number of morpholine rings is 1. The third-order valence-electron chi connectivity index (χ3n) is 6.72. The molecule has 0 radical (unpaired) electrons. The Balaban J connectivity index is 1.45. The number of fused-ring (bicyclic) bond motifs is 1. The van der Waals surface area contributed by atoms with Gasteiger partial charge in [0.25, 0.3) is 5.56 Å². The first kappa shape index (κ1) is 25.4. The van der Waals surface area contributed by atoms with Crippen molar-refractivity contribution in [1.82, 2.24) is 20.1 Å². The van der Waals surface area contributed by atoms with Gasteiger partial charge in [0.05, 0.1) is 19.8 Å². The maximum atomic E-state index is 12.9. The van der Waals surface area contributed by atoms with Gasteiger partial charge < -0.3 is 19.9 Å². The minimum absolute atomic E-state index is 0.0500. The molecule has 186 valence electrons. The van der Waals surface area contributed by atoms with Crippen molar-refractivity contribution < 1.29 is 4.74 Å². The van der Waals surface area contributed by atoms with Crippen molar-refractivity contribution in [2.45, 2.75) is 33.2 Å². The van der Waals surface area contributed by atoms with Gasteiger partial charge in [-0.15, -0.1) is 0 Å². The number of benzene rings is 2. The second-order valence-electron chi connectivity index (χ2n) is 9.34. The highest BCUT2D eigenvalue weighted by atomic mass is 32.1. The number of aromatic amines is 1.